The zero-order valence-corrected chi connectivity index (χ0v) is 15.3. The predicted octanol–water partition coefficient (Wildman–Crippen LogP) is 2.80. The molecular formula is C18H26N4O3. The summed E-state index contributed by atoms with van der Waals surface area (Å²) in [5, 5.41) is 7.16. The maximum Gasteiger partial charge on any atom is 0.255 e. The van der Waals surface area contributed by atoms with E-state index in [1.54, 1.807) is 6.07 Å². The third kappa shape index (κ3) is 4.28. The SMILES string of the molecule is Cc1cc(C(=O)NC2CCN(Cc3noc(C(C)C)n3)CC2)c(C)o1. The lowest BCUT2D eigenvalue weighted by atomic mass is 10.0. The molecule has 0 spiro atoms. The Morgan fingerprint density at radius 3 is 2.64 bits per heavy atom. The summed E-state index contributed by atoms with van der Waals surface area (Å²) in [5.41, 5.74) is 0.632. The Labute approximate surface area is 147 Å². The molecule has 0 bridgehead atoms. The average Bonchev–Trinajstić information content (AvgIpc) is 3.15. The van der Waals surface area contributed by atoms with Crippen molar-refractivity contribution in [3.05, 3.63) is 34.9 Å². The second-order valence-electron chi connectivity index (χ2n) is 7.05. The summed E-state index contributed by atoms with van der Waals surface area (Å²) >= 11 is 0. The second-order valence-corrected chi connectivity index (χ2v) is 7.05. The molecule has 2 aromatic heterocycles. The number of piperidine rings is 1. The smallest absolute Gasteiger partial charge is 0.255 e. The number of rotatable bonds is 5. The van der Waals surface area contributed by atoms with Crippen molar-refractivity contribution in [2.75, 3.05) is 13.1 Å². The number of aryl methyl sites for hydroxylation is 2. The molecule has 0 unspecified atom stereocenters. The molecule has 0 aliphatic carbocycles. The summed E-state index contributed by atoms with van der Waals surface area (Å²) in [5.74, 6) is 3.05. The molecule has 0 saturated carbocycles. The minimum atomic E-state index is -0.0486. The highest BCUT2D eigenvalue weighted by Crippen LogP contribution is 2.17. The van der Waals surface area contributed by atoms with Crippen molar-refractivity contribution >= 4 is 5.91 Å². The van der Waals surface area contributed by atoms with Crippen LogP contribution in [-0.2, 0) is 6.54 Å². The van der Waals surface area contributed by atoms with Crippen molar-refractivity contribution in [1.29, 1.82) is 0 Å². The fourth-order valence-electron chi connectivity index (χ4n) is 3.12. The van der Waals surface area contributed by atoms with Crippen LogP contribution in [-0.4, -0.2) is 40.1 Å². The van der Waals surface area contributed by atoms with Crippen LogP contribution in [0.5, 0.6) is 0 Å². The number of carbonyl (C=O) groups excluding carboxylic acids is 1. The Morgan fingerprint density at radius 1 is 1.36 bits per heavy atom. The first-order chi connectivity index (χ1) is 11.9. The number of hydrogen-bond acceptors (Lipinski definition) is 6. The summed E-state index contributed by atoms with van der Waals surface area (Å²) in [7, 11) is 0. The van der Waals surface area contributed by atoms with Gasteiger partial charge in [0.05, 0.1) is 12.1 Å². The van der Waals surface area contributed by atoms with Gasteiger partial charge in [-0.15, -0.1) is 0 Å². The third-order valence-corrected chi connectivity index (χ3v) is 4.55. The lowest BCUT2D eigenvalue weighted by Gasteiger charge is -2.31. The molecule has 1 fully saturated rings. The van der Waals surface area contributed by atoms with Gasteiger partial charge in [-0.25, -0.2) is 0 Å². The molecule has 136 valence electrons. The molecule has 25 heavy (non-hydrogen) atoms. The zero-order chi connectivity index (χ0) is 18.0. The maximum atomic E-state index is 12.4. The van der Waals surface area contributed by atoms with Crippen LogP contribution in [0.4, 0.5) is 0 Å². The van der Waals surface area contributed by atoms with E-state index in [4.69, 9.17) is 8.94 Å². The van der Waals surface area contributed by atoms with E-state index >= 15 is 0 Å². The average molecular weight is 346 g/mol. The van der Waals surface area contributed by atoms with E-state index < -0.39 is 0 Å². The van der Waals surface area contributed by atoms with Gasteiger partial charge in [-0.2, -0.15) is 4.98 Å². The molecule has 2 aromatic rings. The molecule has 1 amide bonds. The van der Waals surface area contributed by atoms with Gasteiger partial charge in [0, 0.05) is 25.0 Å². The number of amides is 1. The van der Waals surface area contributed by atoms with E-state index in [1.807, 2.05) is 27.7 Å². The number of nitrogens with zero attached hydrogens (tertiary/aromatic N) is 3. The van der Waals surface area contributed by atoms with E-state index in [0.717, 1.165) is 37.5 Å². The number of furan rings is 1. The van der Waals surface area contributed by atoms with Crippen LogP contribution in [0.3, 0.4) is 0 Å². The highest BCUT2D eigenvalue weighted by Gasteiger charge is 2.24. The number of likely N-dealkylation sites (tertiary alicyclic amines) is 1. The first-order valence-corrected chi connectivity index (χ1v) is 8.85. The van der Waals surface area contributed by atoms with Crippen LogP contribution in [0.2, 0.25) is 0 Å². The van der Waals surface area contributed by atoms with Gasteiger partial charge in [0.2, 0.25) is 5.89 Å². The molecule has 7 heteroatoms. The Kier molecular flexibility index (Phi) is 5.22. The van der Waals surface area contributed by atoms with Gasteiger partial charge < -0.3 is 14.3 Å². The third-order valence-electron chi connectivity index (χ3n) is 4.55. The van der Waals surface area contributed by atoms with Gasteiger partial charge in [-0.1, -0.05) is 19.0 Å². The lowest BCUT2D eigenvalue weighted by molar-refractivity contribution is 0.0906. The Balaban J connectivity index is 1.48. The molecule has 1 aliphatic heterocycles. The highest BCUT2D eigenvalue weighted by molar-refractivity contribution is 5.95. The largest absolute Gasteiger partial charge is 0.466 e. The van der Waals surface area contributed by atoms with Crippen LogP contribution < -0.4 is 5.32 Å². The monoisotopic (exact) mass is 346 g/mol. The fraction of sp³-hybridized carbons (Fsp3) is 0.611. The molecule has 7 nitrogen and oxygen atoms in total. The summed E-state index contributed by atoms with van der Waals surface area (Å²) in [6.07, 6.45) is 1.83. The zero-order valence-electron chi connectivity index (χ0n) is 15.3. The van der Waals surface area contributed by atoms with Gasteiger partial charge in [-0.3, -0.25) is 9.69 Å². The van der Waals surface area contributed by atoms with Gasteiger partial charge in [0.15, 0.2) is 5.82 Å². The molecular weight excluding hydrogens is 320 g/mol. The topological polar surface area (TPSA) is 84.4 Å². The number of nitrogens with one attached hydrogen (secondary N) is 1. The molecule has 0 radical (unpaired) electrons. The Bertz CT molecular complexity index is 727. The second kappa shape index (κ2) is 7.39. The highest BCUT2D eigenvalue weighted by atomic mass is 16.5. The van der Waals surface area contributed by atoms with E-state index in [9.17, 15) is 4.79 Å². The van der Waals surface area contributed by atoms with E-state index in [-0.39, 0.29) is 17.9 Å². The summed E-state index contributed by atoms with van der Waals surface area (Å²) in [6, 6.07) is 1.98. The molecule has 0 atom stereocenters. The summed E-state index contributed by atoms with van der Waals surface area (Å²) < 4.78 is 10.7. The number of carbonyl (C=O) groups is 1. The summed E-state index contributed by atoms with van der Waals surface area (Å²) in [6.45, 7) is 10.2. The van der Waals surface area contributed by atoms with Crippen molar-refractivity contribution in [2.45, 2.75) is 59.0 Å². The quantitative estimate of drug-likeness (QED) is 0.896. The molecule has 1 aliphatic rings. The first-order valence-electron chi connectivity index (χ1n) is 8.85. The number of aromatic nitrogens is 2. The van der Waals surface area contributed by atoms with Gasteiger partial charge >= 0.3 is 0 Å². The van der Waals surface area contributed by atoms with Crippen molar-refractivity contribution in [3.8, 4) is 0 Å². The van der Waals surface area contributed by atoms with E-state index in [1.165, 1.54) is 0 Å². The van der Waals surface area contributed by atoms with Gasteiger partial charge in [0.1, 0.15) is 11.5 Å². The molecule has 1 saturated heterocycles. The van der Waals surface area contributed by atoms with E-state index in [2.05, 4.69) is 20.4 Å². The van der Waals surface area contributed by atoms with Gasteiger partial charge in [-0.05, 0) is 32.8 Å². The maximum absolute atomic E-state index is 12.4. The molecule has 3 heterocycles. The Hall–Kier alpha value is -2.15. The van der Waals surface area contributed by atoms with Crippen molar-refractivity contribution in [3.63, 3.8) is 0 Å². The molecule has 0 aromatic carbocycles. The van der Waals surface area contributed by atoms with Crippen LogP contribution in [0, 0.1) is 13.8 Å². The lowest BCUT2D eigenvalue weighted by Crippen LogP contribution is -2.44. The van der Waals surface area contributed by atoms with Crippen LogP contribution in [0.25, 0.3) is 0 Å². The van der Waals surface area contributed by atoms with Crippen LogP contribution >= 0.6 is 0 Å². The molecule has 1 N–H and O–H groups in total. The summed E-state index contributed by atoms with van der Waals surface area (Å²) in [4.78, 5) is 19.1. The number of hydrogen-bond donors (Lipinski definition) is 1. The first kappa shape index (κ1) is 17.7. The van der Waals surface area contributed by atoms with E-state index in [0.29, 0.717) is 23.8 Å². The molecule has 3 rings (SSSR count). The van der Waals surface area contributed by atoms with Crippen molar-refractivity contribution in [1.82, 2.24) is 20.4 Å². The normalized spacial score (nSPS) is 16.5. The Morgan fingerprint density at radius 2 is 2.08 bits per heavy atom. The standard InChI is InChI=1S/C18H26N4O3/c1-11(2)18-20-16(21-25-18)10-22-7-5-14(6-8-22)19-17(23)15-9-12(3)24-13(15)4/h9,11,14H,5-8,10H2,1-4H3,(H,19,23). The predicted molar refractivity (Wildman–Crippen MR) is 92.3 cm³/mol. The van der Waals surface area contributed by atoms with Crippen molar-refractivity contribution in [2.24, 2.45) is 0 Å². The van der Waals surface area contributed by atoms with Gasteiger partial charge in [0.25, 0.3) is 5.91 Å². The van der Waals surface area contributed by atoms with Crippen LogP contribution in [0.1, 0.15) is 66.2 Å². The van der Waals surface area contributed by atoms with Crippen molar-refractivity contribution < 1.29 is 13.7 Å². The fourth-order valence-corrected chi connectivity index (χ4v) is 3.12. The minimum absolute atomic E-state index is 0.0486. The minimum Gasteiger partial charge on any atom is -0.466 e. The van der Waals surface area contributed by atoms with Crippen LogP contribution in [0.15, 0.2) is 15.0 Å².